The Morgan fingerprint density at radius 3 is 3.07 bits per heavy atom. The first-order valence-electron chi connectivity index (χ1n) is 3.61. The van der Waals surface area contributed by atoms with Gasteiger partial charge in [0.15, 0.2) is 5.65 Å². The minimum absolute atomic E-state index is 0. The molecule has 0 spiro atoms. The highest BCUT2D eigenvalue weighted by Gasteiger charge is 2.06. The molecule has 2 heterocycles. The molecule has 0 saturated carbocycles. The Bertz CT molecular complexity index is 454. The van der Waals surface area contributed by atoms with Crippen molar-refractivity contribution in [2.45, 2.75) is 0 Å². The SMILES string of the molecule is Cl.NNC(=O)n1ccc2cncnc21. The van der Waals surface area contributed by atoms with E-state index >= 15 is 0 Å². The van der Waals surface area contributed by atoms with E-state index in [4.69, 9.17) is 5.84 Å². The number of carbonyl (C=O) groups is 1. The molecule has 14 heavy (non-hydrogen) atoms. The first-order chi connectivity index (χ1) is 6.33. The number of fused-ring (bicyclic) bond motifs is 1. The summed E-state index contributed by atoms with van der Waals surface area (Å²) in [5.41, 5.74) is 2.56. The molecule has 0 atom stereocenters. The number of nitrogens with two attached hydrogens (primary N) is 1. The molecule has 6 nitrogen and oxygen atoms in total. The molecule has 0 aliphatic heterocycles. The maximum Gasteiger partial charge on any atom is 0.341 e. The summed E-state index contributed by atoms with van der Waals surface area (Å²) < 4.78 is 1.32. The van der Waals surface area contributed by atoms with Crippen LogP contribution in [0.1, 0.15) is 0 Å². The number of rotatable bonds is 0. The van der Waals surface area contributed by atoms with Crippen molar-refractivity contribution in [3.8, 4) is 0 Å². The van der Waals surface area contributed by atoms with Gasteiger partial charge < -0.3 is 0 Å². The lowest BCUT2D eigenvalue weighted by Crippen LogP contribution is -2.33. The van der Waals surface area contributed by atoms with E-state index in [2.05, 4.69) is 9.97 Å². The van der Waals surface area contributed by atoms with E-state index in [1.54, 1.807) is 18.5 Å². The molecule has 7 heteroatoms. The van der Waals surface area contributed by atoms with Crippen molar-refractivity contribution in [3.63, 3.8) is 0 Å². The maximum absolute atomic E-state index is 11.2. The molecule has 2 aromatic heterocycles. The molecule has 0 saturated heterocycles. The van der Waals surface area contributed by atoms with Crippen LogP contribution in [0.15, 0.2) is 24.8 Å². The van der Waals surface area contributed by atoms with Gasteiger partial charge in [-0.1, -0.05) is 0 Å². The van der Waals surface area contributed by atoms with Crippen LogP contribution in [0.5, 0.6) is 0 Å². The van der Waals surface area contributed by atoms with Crippen LogP contribution in [0.3, 0.4) is 0 Å². The first kappa shape index (κ1) is 10.4. The predicted molar refractivity (Wildman–Crippen MR) is 52.9 cm³/mol. The Kier molecular flexibility index (Phi) is 3.00. The molecular formula is C7H8ClN5O. The summed E-state index contributed by atoms with van der Waals surface area (Å²) in [5.74, 6) is 4.99. The van der Waals surface area contributed by atoms with Gasteiger partial charge in [0.1, 0.15) is 6.33 Å². The average molecular weight is 214 g/mol. The van der Waals surface area contributed by atoms with Gasteiger partial charge in [0.05, 0.1) is 0 Å². The molecule has 3 N–H and O–H groups in total. The topological polar surface area (TPSA) is 85.8 Å². The second-order valence-corrected chi connectivity index (χ2v) is 2.44. The Hall–Kier alpha value is -1.66. The summed E-state index contributed by atoms with van der Waals surface area (Å²) in [6.07, 6.45) is 4.59. The minimum atomic E-state index is -0.422. The Morgan fingerprint density at radius 2 is 2.36 bits per heavy atom. The molecule has 0 fully saturated rings. The lowest BCUT2D eigenvalue weighted by Gasteiger charge is -1.99. The van der Waals surface area contributed by atoms with Crippen molar-refractivity contribution in [3.05, 3.63) is 24.8 Å². The third kappa shape index (κ3) is 1.52. The van der Waals surface area contributed by atoms with Crippen LogP contribution in [0.2, 0.25) is 0 Å². The largest absolute Gasteiger partial charge is 0.341 e. The number of amides is 1. The average Bonchev–Trinajstić information content (AvgIpc) is 2.60. The number of carbonyl (C=O) groups excluding carboxylic acids is 1. The van der Waals surface area contributed by atoms with Crippen molar-refractivity contribution >= 4 is 29.5 Å². The summed E-state index contributed by atoms with van der Waals surface area (Å²) in [4.78, 5) is 18.9. The van der Waals surface area contributed by atoms with Crippen molar-refractivity contribution < 1.29 is 4.79 Å². The van der Waals surface area contributed by atoms with Crippen LogP contribution in [0.4, 0.5) is 4.79 Å². The maximum atomic E-state index is 11.2. The van der Waals surface area contributed by atoms with Crippen molar-refractivity contribution in [1.29, 1.82) is 0 Å². The summed E-state index contributed by atoms with van der Waals surface area (Å²) in [6, 6.07) is 1.32. The summed E-state index contributed by atoms with van der Waals surface area (Å²) in [7, 11) is 0. The predicted octanol–water partition coefficient (Wildman–Crippen LogP) is 0.285. The minimum Gasteiger partial charge on any atom is -0.275 e. The molecule has 0 radical (unpaired) electrons. The molecule has 0 aliphatic carbocycles. The number of nitrogens with one attached hydrogen (secondary N) is 1. The lowest BCUT2D eigenvalue weighted by atomic mass is 10.4. The number of hydrazine groups is 1. The van der Waals surface area contributed by atoms with Gasteiger partial charge in [-0.05, 0) is 6.07 Å². The second kappa shape index (κ2) is 4.03. The van der Waals surface area contributed by atoms with E-state index in [0.29, 0.717) is 5.65 Å². The second-order valence-electron chi connectivity index (χ2n) is 2.44. The van der Waals surface area contributed by atoms with Crippen LogP contribution < -0.4 is 11.3 Å². The molecule has 0 unspecified atom stereocenters. The van der Waals surface area contributed by atoms with Crippen molar-refractivity contribution in [2.24, 2.45) is 5.84 Å². The fourth-order valence-corrected chi connectivity index (χ4v) is 1.11. The zero-order valence-electron chi connectivity index (χ0n) is 7.04. The highest BCUT2D eigenvalue weighted by atomic mass is 35.5. The van der Waals surface area contributed by atoms with Crippen LogP contribution in [-0.2, 0) is 0 Å². The van der Waals surface area contributed by atoms with E-state index in [1.165, 1.54) is 10.9 Å². The monoisotopic (exact) mass is 213 g/mol. The third-order valence-corrected chi connectivity index (χ3v) is 1.69. The third-order valence-electron chi connectivity index (χ3n) is 1.69. The van der Waals surface area contributed by atoms with Gasteiger partial charge in [0, 0.05) is 17.8 Å². The number of halogens is 1. The molecule has 74 valence electrons. The summed E-state index contributed by atoms with van der Waals surface area (Å²) >= 11 is 0. The molecule has 2 aromatic rings. The van der Waals surface area contributed by atoms with Gasteiger partial charge >= 0.3 is 6.03 Å². The molecule has 0 aliphatic rings. The van der Waals surface area contributed by atoms with E-state index in [1.807, 2.05) is 5.43 Å². The van der Waals surface area contributed by atoms with E-state index in [0.717, 1.165) is 5.39 Å². The van der Waals surface area contributed by atoms with Gasteiger partial charge in [-0.15, -0.1) is 12.4 Å². The van der Waals surface area contributed by atoms with Crippen LogP contribution >= 0.6 is 12.4 Å². The highest BCUT2D eigenvalue weighted by Crippen LogP contribution is 2.09. The van der Waals surface area contributed by atoms with Crippen LogP contribution in [-0.4, -0.2) is 20.6 Å². The van der Waals surface area contributed by atoms with E-state index in [9.17, 15) is 4.79 Å². The van der Waals surface area contributed by atoms with E-state index in [-0.39, 0.29) is 12.4 Å². The normalized spacial score (nSPS) is 9.50. The molecule has 1 amide bonds. The zero-order chi connectivity index (χ0) is 9.26. The standard InChI is InChI=1S/C7H7N5O.ClH/c8-11-7(13)12-2-1-5-3-9-4-10-6(5)12;/h1-4H,8H2,(H,11,13);1H. The van der Waals surface area contributed by atoms with Crippen LogP contribution in [0, 0.1) is 0 Å². The molecule has 0 aromatic carbocycles. The number of nitrogens with zero attached hydrogens (tertiary/aromatic N) is 3. The summed E-state index contributed by atoms with van der Waals surface area (Å²) in [5, 5.41) is 0.797. The number of nitrogen functional groups attached to an aromatic ring is 1. The fraction of sp³-hybridized carbons (Fsp3) is 0. The number of hydrogen-bond donors (Lipinski definition) is 2. The summed E-state index contributed by atoms with van der Waals surface area (Å²) in [6.45, 7) is 0. The first-order valence-corrected chi connectivity index (χ1v) is 3.61. The van der Waals surface area contributed by atoms with Gasteiger partial charge in [-0.25, -0.2) is 20.6 Å². The van der Waals surface area contributed by atoms with Crippen molar-refractivity contribution in [1.82, 2.24) is 20.0 Å². The van der Waals surface area contributed by atoms with Crippen LogP contribution in [0.25, 0.3) is 11.0 Å². The Labute approximate surface area is 85.5 Å². The van der Waals surface area contributed by atoms with Gasteiger partial charge in [0.25, 0.3) is 0 Å². The number of aromatic nitrogens is 3. The van der Waals surface area contributed by atoms with E-state index < -0.39 is 6.03 Å². The van der Waals surface area contributed by atoms with Crippen molar-refractivity contribution in [2.75, 3.05) is 0 Å². The number of hydrogen-bond acceptors (Lipinski definition) is 4. The zero-order valence-corrected chi connectivity index (χ0v) is 7.86. The lowest BCUT2D eigenvalue weighted by molar-refractivity contribution is 0.243. The fourth-order valence-electron chi connectivity index (χ4n) is 1.11. The Balaban J connectivity index is 0.000000980. The molecule has 0 bridgehead atoms. The quantitative estimate of drug-likeness (QED) is 0.374. The molecule has 2 rings (SSSR count). The smallest absolute Gasteiger partial charge is 0.275 e. The van der Waals surface area contributed by atoms with Gasteiger partial charge in [0.2, 0.25) is 0 Å². The molecular weight excluding hydrogens is 206 g/mol. The Morgan fingerprint density at radius 1 is 1.57 bits per heavy atom. The highest BCUT2D eigenvalue weighted by molar-refractivity contribution is 5.88. The van der Waals surface area contributed by atoms with Gasteiger partial charge in [-0.3, -0.25) is 9.99 Å². The van der Waals surface area contributed by atoms with Gasteiger partial charge in [-0.2, -0.15) is 0 Å².